The number of aliphatic hydroxyl groups excluding tert-OH is 2. The van der Waals surface area contributed by atoms with E-state index in [-0.39, 0.29) is 30.9 Å². The average molecular weight is 443 g/mol. The van der Waals surface area contributed by atoms with Crippen LogP contribution < -0.4 is 11.4 Å². The van der Waals surface area contributed by atoms with Crippen molar-refractivity contribution >= 4 is 14.3 Å². The molecule has 1 aliphatic rings. The molecule has 1 aliphatic heterocycles. The second kappa shape index (κ2) is 11.1. The molecule has 5 atom stereocenters. The highest BCUT2D eigenvalue weighted by Crippen LogP contribution is 2.49. The van der Waals surface area contributed by atoms with Crippen LogP contribution in [0.5, 0.6) is 0 Å². The monoisotopic (exact) mass is 443 g/mol. The molecule has 4 N–H and O–H groups in total. The molecule has 0 aromatic carbocycles. The van der Waals surface area contributed by atoms with E-state index in [9.17, 15) is 15.0 Å². The topological polar surface area (TPSA) is 156 Å². The molecule has 168 valence electrons. The molecule has 12 heteroatoms. The van der Waals surface area contributed by atoms with Crippen molar-refractivity contribution in [3.8, 4) is 6.07 Å². The van der Waals surface area contributed by atoms with E-state index in [1.54, 1.807) is 0 Å². The molecule has 11 nitrogen and oxygen atoms in total. The van der Waals surface area contributed by atoms with E-state index in [2.05, 4.69) is 4.98 Å². The highest BCUT2D eigenvalue weighted by Gasteiger charge is 2.48. The third-order valence-corrected chi connectivity index (χ3v) is 6.62. The van der Waals surface area contributed by atoms with Gasteiger partial charge < -0.3 is 29.7 Å². The lowest BCUT2D eigenvalue weighted by Crippen LogP contribution is -2.40. The molecule has 0 bridgehead atoms. The van der Waals surface area contributed by atoms with Crippen molar-refractivity contribution in [2.45, 2.75) is 70.7 Å². The number of nitrogens with two attached hydrogens (primary N) is 1. The second-order valence-corrected chi connectivity index (χ2v) is 8.80. The lowest BCUT2D eigenvalue weighted by atomic mass is 10.1. The van der Waals surface area contributed by atoms with Crippen LogP contribution in [0.2, 0.25) is 0 Å². The Bertz CT molecular complexity index is 777. The van der Waals surface area contributed by atoms with E-state index in [0.717, 1.165) is 4.57 Å². The van der Waals surface area contributed by atoms with Gasteiger partial charge in [-0.25, -0.2) is 9.46 Å². The first-order chi connectivity index (χ1) is 14.2. The number of hydrogen-bond donors (Lipinski definition) is 3. The molecule has 0 saturated carbocycles. The third kappa shape index (κ3) is 5.74. The lowest BCUT2D eigenvalue weighted by Gasteiger charge is -2.37. The van der Waals surface area contributed by atoms with Crippen LogP contribution in [-0.4, -0.2) is 68.0 Å². The maximum absolute atomic E-state index is 12.2. The second-order valence-electron chi connectivity index (χ2n) is 7.40. The molecule has 1 unspecified atom stereocenters. The largest absolute Gasteiger partial charge is 0.394 e. The van der Waals surface area contributed by atoms with Gasteiger partial charge in [0, 0.05) is 18.3 Å². The van der Waals surface area contributed by atoms with E-state index in [1.807, 2.05) is 38.4 Å². The van der Waals surface area contributed by atoms with Crippen LogP contribution in [0, 0.1) is 11.3 Å². The number of hydrogen-bond acceptors (Lipinski definition) is 10. The SMILES string of the molecule is CC(C)N(C(C)C)P(OCCC#N)O[C@H]1[C@@H](O)[C@H](n2ccc(N)nc2=O)O[C@@H]1CO. The first-order valence-electron chi connectivity index (χ1n) is 9.75. The van der Waals surface area contributed by atoms with Crippen LogP contribution >= 0.6 is 8.53 Å². The Morgan fingerprint density at radius 2 is 2.10 bits per heavy atom. The maximum atomic E-state index is 12.2. The standard InChI is InChI=1S/C18H30N5O6P/c1-11(2)23(12(3)4)30(27-9-5-7-19)29-16-13(10-24)28-17(15(16)25)22-8-6-14(20)21-18(22)26/h6,8,11-13,15-17,24-25H,5,9-10H2,1-4H3,(H2,20,21,26)/t13-,15-,16-,17-,30?/m1/s1. The molecule has 0 amide bonds. The number of nitrogens with zero attached hydrogens (tertiary/aromatic N) is 4. The maximum Gasteiger partial charge on any atom is 0.351 e. The van der Waals surface area contributed by atoms with Crippen LogP contribution in [0.3, 0.4) is 0 Å². The Hall–Kier alpha value is -1.64. The number of aromatic nitrogens is 2. The molecule has 30 heavy (non-hydrogen) atoms. The summed E-state index contributed by atoms with van der Waals surface area (Å²) in [5, 5.41) is 29.5. The summed E-state index contributed by atoms with van der Waals surface area (Å²) < 4.78 is 20.8. The number of ether oxygens (including phenoxy) is 1. The Labute approximate surface area is 176 Å². The van der Waals surface area contributed by atoms with Gasteiger partial charge in [-0.2, -0.15) is 10.2 Å². The molecule has 0 spiro atoms. The molecule has 1 aromatic heterocycles. The highest BCUT2D eigenvalue weighted by atomic mass is 31.2. The van der Waals surface area contributed by atoms with E-state index in [1.165, 1.54) is 12.3 Å². The van der Waals surface area contributed by atoms with Crippen LogP contribution in [0.1, 0.15) is 40.3 Å². The molecule has 1 fully saturated rings. The van der Waals surface area contributed by atoms with Gasteiger partial charge in [0.1, 0.15) is 24.1 Å². The normalized spacial score (nSPS) is 25.2. The minimum Gasteiger partial charge on any atom is -0.394 e. The number of anilines is 1. The minimum atomic E-state index is -1.68. The molecule has 2 rings (SSSR count). The summed E-state index contributed by atoms with van der Waals surface area (Å²) in [6, 6.07) is 3.56. The fraction of sp³-hybridized carbons (Fsp3) is 0.722. The Balaban J connectivity index is 2.28. The third-order valence-electron chi connectivity index (χ3n) is 4.49. The van der Waals surface area contributed by atoms with Crippen LogP contribution in [0.15, 0.2) is 17.1 Å². The zero-order valence-electron chi connectivity index (χ0n) is 17.6. The predicted molar refractivity (Wildman–Crippen MR) is 110 cm³/mol. The number of rotatable bonds is 10. The lowest BCUT2D eigenvalue weighted by molar-refractivity contribution is -0.0546. The minimum absolute atomic E-state index is 0.0502. The van der Waals surface area contributed by atoms with Gasteiger partial charge in [0.25, 0.3) is 8.53 Å². The van der Waals surface area contributed by atoms with Crippen molar-refractivity contribution in [1.82, 2.24) is 14.2 Å². The van der Waals surface area contributed by atoms with Gasteiger partial charge in [-0.15, -0.1) is 0 Å². The summed E-state index contributed by atoms with van der Waals surface area (Å²) in [6.45, 7) is 7.68. The number of aliphatic hydroxyl groups is 2. The first-order valence-corrected chi connectivity index (χ1v) is 10.9. The summed E-state index contributed by atoms with van der Waals surface area (Å²) in [4.78, 5) is 15.8. The van der Waals surface area contributed by atoms with Gasteiger partial charge >= 0.3 is 5.69 Å². The summed E-state index contributed by atoms with van der Waals surface area (Å²) in [5.74, 6) is 0.0502. The smallest absolute Gasteiger partial charge is 0.351 e. The van der Waals surface area contributed by atoms with Crippen molar-refractivity contribution in [2.24, 2.45) is 0 Å². The van der Waals surface area contributed by atoms with Gasteiger partial charge in [0.15, 0.2) is 6.23 Å². The van der Waals surface area contributed by atoms with E-state index < -0.39 is 45.4 Å². The first kappa shape index (κ1) is 24.6. The van der Waals surface area contributed by atoms with Crippen molar-refractivity contribution in [1.29, 1.82) is 5.26 Å². The van der Waals surface area contributed by atoms with Crippen molar-refractivity contribution < 1.29 is 24.0 Å². The van der Waals surface area contributed by atoms with Gasteiger partial charge in [0.05, 0.1) is 25.7 Å². The van der Waals surface area contributed by atoms with Crippen LogP contribution in [0.25, 0.3) is 0 Å². The van der Waals surface area contributed by atoms with Crippen molar-refractivity contribution in [3.05, 3.63) is 22.7 Å². The Morgan fingerprint density at radius 3 is 2.63 bits per heavy atom. The summed E-state index contributed by atoms with van der Waals surface area (Å²) >= 11 is 0. The molecule has 0 radical (unpaired) electrons. The molecular weight excluding hydrogens is 413 g/mol. The van der Waals surface area contributed by atoms with Crippen LogP contribution in [0.4, 0.5) is 5.82 Å². The zero-order chi connectivity index (χ0) is 22.4. The number of nitriles is 1. The van der Waals surface area contributed by atoms with Crippen LogP contribution in [-0.2, 0) is 13.8 Å². The van der Waals surface area contributed by atoms with Gasteiger partial charge in [-0.1, -0.05) is 0 Å². The summed E-state index contributed by atoms with van der Waals surface area (Å²) in [7, 11) is -1.68. The summed E-state index contributed by atoms with van der Waals surface area (Å²) in [5.41, 5.74) is 4.84. The number of nitrogen functional groups attached to an aromatic ring is 1. The molecule has 1 aromatic rings. The Morgan fingerprint density at radius 1 is 1.43 bits per heavy atom. The fourth-order valence-electron chi connectivity index (χ4n) is 3.24. The van der Waals surface area contributed by atoms with E-state index in [4.69, 9.17) is 24.8 Å². The fourth-order valence-corrected chi connectivity index (χ4v) is 5.02. The van der Waals surface area contributed by atoms with E-state index in [0.29, 0.717) is 0 Å². The van der Waals surface area contributed by atoms with Gasteiger partial charge in [-0.3, -0.25) is 4.57 Å². The van der Waals surface area contributed by atoms with Gasteiger partial charge in [0.2, 0.25) is 0 Å². The zero-order valence-corrected chi connectivity index (χ0v) is 18.5. The van der Waals surface area contributed by atoms with Gasteiger partial charge in [-0.05, 0) is 33.8 Å². The predicted octanol–water partition coefficient (Wildman–Crippen LogP) is 0.737. The Kier molecular flexibility index (Phi) is 9.12. The average Bonchev–Trinajstić information content (AvgIpc) is 2.97. The molecule has 1 saturated heterocycles. The molecular formula is C18H30N5O6P. The highest BCUT2D eigenvalue weighted by molar-refractivity contribution is 7.44. The quantitative estimate of drug-likeness (QED) is 0.348. The van der Waals surface area contributed by atoms with Crippen molar-refractivity contribution in [2.75, 3.05) is 18.9 Å². The van der Waals surface area contributed by atoms with E-state index >= 15 is 0 Å². The summed E-state index contributed by atoms with van der Waals surface area (Å²) in [6.07, 6.45) is -2.66. The molecule has 0 aliphatic carbocycles. The molecule has 2 heterocycles. The van der Waals surface area contributed by atoms with Crippen molar-refractivity contribution in [3.63, 3.8) is 0 Å².